The summed E-state index contributed by atoms with van der Waals surface area (Å²) in [5.74, 6) is 1.35. The predicted octanol–water partition coefficient (Wildman–Crippen LogP) is 4.44. The fourth-order valence-electron chi connectivity index (χ4n) is 2.30. The van der Waals surface area contributed by atoms with Gasteiger partial charge in [0.2, 0.25) is 0 Å². The fourth-order valence-corrected chi connectivity index (χ4v) is 2.30. The number of hydrogen-bond acceptors (Lipinski definition) is 3. The first-order chi connectivity index (χ1) is 10.1. The third-order valence-electron chi connectivity index (χ3n) is 3.38. The van der Waals surface area contributed by atoms with Crippen LogP contribution in [0.25, 0.3) is 0 Å². The molecule has 1 atom stereocenters. The topological polar surface area (TPSA) is 55.5 Å². The van der Waals surface area contributed by atoms with Crippen molar-refractivity contribution in [2.75, 3.05) is 0 Å². The van der Waals surface area contributed by atoms with Gasteiger partial charge >= 0.3 is 0 Å². The Hall–Kier alpha value is -1.71. The van der Waals surface area contributed by atoms with E-state index in [1.165, 1.54) is 0 Å². The molecule has 22 heavy (non-hydrogen) atoms. The Bertz CT molecular complexity index is 573. The average molecular weight is 322 g/mol. The molecule has 0 unspecified atom stereocenters. The van der Waals surface area contributed by atoms with Gasteiger partial charge in [0.25, 0.3) is 0 Å². The van der Waals surface area contributed by atoms with Crippen LogP contribution in [-0.4, -0.2) is 5.11 Å². The molecule has 0 radical (unpaired) electrons. The lowest BCUT2D eigenvalue weighted by molar-refractivity contribution is 0.304. The van der Waals surface area contributed by atoms with Crippen molar-refractivity contribution in [3.05, 3.63) is 59.7 Å². The minimum Gasteiger partial charge on any atom is -0.507 e. The molecule has 0 spiro atoms. The summed E-state index contributed by atoms with van der Waals surface area (Å²) in [6.07, 6.45) is 0.845. The molecule has 2 aromatic rings. The van der Waals surface area contributed by atoms with Crippen LogP contribution in [0.5, 0.6) is 11.5 Å². The first-order valence-corrected chi connectivity index (χ1v) is 7.31. The summed E-state index contributed by atoms with van der Waals surface area (Å²) in [4.78, 5) is 0. The van der Waals surface area contributed by atoms with Crippen LogP contribution in [0.3, 0.4) is 0 Å². The van der Waals surface area contributed by atoms with Gasteiger partial charge in [-0.15, -0.1) is 12.4 Å². The van der Waals surface area contributed by atoms with E-state index in [-0.39, 0.29) is 24.2 Å². The normalized spacial score (nSPS) is 11.8. The van der Waals surface area contributed by atoms with Crippen LogP contribution >= 0.6 is 12.4 Å². The molecule has 0 aliphatic carbocycles. The summed E-state index contributed by atoms with van der Waals surface area (Å²) in [6, 6.07) is 15.1. The molecule has 0 saturated heterocycles. The van der Waals surface area contributed by atoms with Gasteiger partial charge in [0.1, 0.15) is 18.1 Å². The second-order valence-electron chi connectivity index (χ2n) is 5.73. The van der Waals surface area contributed by atoms with Gasteiger partial charge in [0, 0.05) is 17.7 Å². The molecule has 0 fully saturated rings. The number of rotatable bonds is 6. The maximum absolute atomic E-state index is 10.1. The van der Waals surface area contributed by atoms with E-state index in [0.717, 1.165) is 17.5 Å². The number of aromatic hydroxyl groups is 1. The average Bonchev–Trinajstić information content (AvgIpc) is 2.45. The van der Waals surface area contributed by atoms with Crippen molar-refractivity contribution >= 4 is 12.4 Å². The summed E-state index contributed by atoms with van der Waals surface area (Å²) in [5.41, 5.74) is 7.98. The molecular formula is C18H24ClNO2. The smallest absolute Gasteiger partial charge is 0.124 e. The second-order valence-corrected chi connectivity index (χ2v) is 5.73. The molecular weight excluding hydrogens is 298 g/mol. The molecule has 0 aliphatic rings. The lowest BCUT2D eigenvalue weighted by atomic mass is 9.97. The first kappa shape index (κ1) is 18.3. The van der Waals surface area contributed by atoms with E-state index < -0.39 is 0 Å². The maximum atomic E-state index is 10.1. The monoisotopic (exact) mass is 321 g/mol. The van der Waals surface area contributed by atoms with Crippen LogP contribution in [0, 0.1) is 5.92 Å². The lowest BCUT2D eigenvalue weighted by Gasteiger charge is -2.16. The standard InChI is InChI=1S/C18H23NO2.ClH/c1-13(2)10-17(19)16-9-8-15(11-18(16)20)21-12-14-6-4-3-5-7-14;/h3-9,11,13,17,20H,10,12,19H2,1-2H3;1H/t17-;/m1./s1. The van der Waals surface area contributed by atoms with Gasteiger partial charge in [0.15, 0.2) is 0 Å². The third kappa shape index (κ3) is 5.24. The van der Waals surface area contributed by atoms with Crippen molar-refractivity contribution < 1.29 is 9.84 Å². The van der Waals surface area contributed by atoms with Gasteiger partial charge in [-0.1, -0.05) is 50.2 Å². The minimum atomic E-state index is -0.145. The van der Waals surface area contributed by atoms with Crippen LogP contribution in [0.15, 0.2) is 48.5 Å². The number of halogens is 1. The highest BCUT2D eigenvalue weighted by Gasteiger charge is 2.13. The van der Waals surface area contributed by atoms with Crippen molar-refractivity contribution in [1.29, 1.82) is 0 Å². The number of benzene rings is 2. The van der Waals surface area contributed by atoms with Crippen LogP contribution < -0.4 is 10.5 Å². The molecule has 120 valence electrons. The van der Waals surface area contributed by atoms with Crippen molar-refractivity contribution in [3.8, 4) is 11.5 Å². The Balaban J connectivity index is 0.00000242. The molecule has 0 bridgehead atoms. The molecule has 4 heteroatoms. The zero-order valence-electron chi connectivity index (χ0n) is 13.0. The predicted molar refractivity (Wildman–Crippen MR) is 92.5 cm³/mol. The lowest BCUT2D eigenvalue weighted by Crippen LogP contribution is -2.13. The highest BCUT2D eigenvalue weighted by atomic mass is 35.5. The minimum absolute atomic E-state index is 0. The summed E-state index contributed by atoms with van der Waals surface area (Å²) in [6.45, 7) is 4.72. The third-order valence-corrected chi connectivity index (χ3v) is 3.38. The Morgan fingerprint density at radius 3 is 2.36 bits per heavy atom. The van der Waals surface area contributed by atoms with Gasteiger partial charge in [-0.2, -0.15) is 0 Å². The van der Waals surface area contributed by atoms with Gasteiger partial charge < -0.3 is 15.6 Å². The molecule has 0 aliphatic heterocycles. The quantitative estimate of drug-likeness (QED) is 0.827. The first-order valence-electron chi connectivity index (χ1n) is 7.31. The highest BCUT2D eigenvalue weighted by molar-refractivity contribution is 5.85. The van der Waals surface area contributed by atoms with E-state index in [0.29, 0.717) is 18.3 Å². The molecule has 0 amide bonds. The maximum Gasteiger partial charge on any atom is 0.124 e. The Kier molecular flexibility index (Phi) is 7.22. The largest absolute Gasteiger partial charge is 0.507 e. The second kappa shape index (κ2) is 8.66. The molecule has 0 saturated carbocycles. The number of nitrogens with two attached hydrogens (primary N) is 1. The van der Waals surface area contributed by atoms with Crippen LogP contribution in [0.4, 0.5) is 0 Å². The van der Waals surface area contributed by atoms with Crippen molar-refractivity contribution in [3.63, 3.8) is 0 Å². The van der Waals surface area contributed by atoms with Crippen LogP contribution in [0.1, 0.15) is 37.4 Å². The SMILES string of the molecule is CC(C)C[C@@H](N)c1ccc(OCc2ccccc2)cc1O.Cl. The zero-order valence-corrected chi connectivity index (χ0v) is 13.8. The van der Waals surface area contributed by atoms with E-state index in [1.807, 2.05) is 42.5 Å². The number of phenols is 1. The van der Waals surface area contributed by atoms with Gasteiger partial charge in [0.05, 0.1) is 0 Å². The molecule has 2 aromatic carbocycles. The van der Waals surface area contributed by atoms with Gasteiger partial charge in [-0.05, 0) is 24.0 Å². The molecule has 3 nitrogen and oxygen atoms in total. The Morgan fingerprint density at radius 1 is 1.09 bits per heavy atom. The van der Waals surface area contributed by atoms with Gasteiger partial charge in [-0.3, -0.25) is 0 Å². The Labute approximate surface area is 138 Å². The number of ether oxygens (including phenoxy) is 1. The van der Waals surface area contributed by atoms with E-state index >= 15 is 0 Å². The van der Waals surface area contributed by atoms with Crippen molar-refractivity contribution in [2.24, 2.45) is 11.7 Å². The van der Waals surface area contributed by atoms with E-state index in [1.54, 1.807) is 6.07 Å². The summed E-state index contributed by atoms with van der Waals surface area (Å²) >= 11 is 0. The molecule has 3 N–H and O–H groups in total. The molecule has 0 aromatic heterocycles. The summed E-state index contributed by atoms with van der Waals surface area (Å²) in [5, 5.41) is 10.1. The Morgan fingerprint density at radius 2 is 1.77 bits per heavy atom. The molecule has 2 rings (SSSR count). The van der Waals surface area contributed by atoms with Gasteiger partial charge in [-0.25, -0.2) is 0 Å². The highest BCUT2D eigenvalue weighted by Crippen LogP contribution is 2.30. The molecule has 0 heterocycles. The zero-order chi connectivity index (χ0) is 15.2. The van der Waals surface area contributed by atoms with Crippen molar-refractivity contribution in [2.45, 2.75) is 32.9 Å². The van der Waals surface area contributed by atoms with E-state index in [2.05, 4.69) is 13.8 Å². The number of phenolic OH excluding ortho intramolecular Hbond substituents is 1. The number of hydrogen-bond donors (Lipinski definition) is 2. The summed E-state index contributed by atoms with van der Waals surface area (Å²) < 4.78 is 5.69. The van der Waals surface area contributed by atoms with Crippen LogP contribution in [-0.2, 0) is 6.61 Å². The fraction of sp³-hybridized carbons (Fsp3) is 0.333. The summed E-state index contributed by atoms with van der Waals surface area (Å²) in [7, 11) is 0. The van der Waals surface area contributed by atoms with Crippen molar-refractivity contribution in [1.82, 2.24) is 0 Å². The van der Waals surface area contributed by atoms with E-state index in [9.17, 15) is 5.11 Å². The van der Waals surface area contributed by atoms with E-state index in [4.69, 9.17) is 10.5 Å². The van der Waals surface area contributed by atoms with Crippen LogP contribution in [0.2, 0.25) is 0 Å².